The van der Waals surface area contributed by atoms with E-state index in [4.69, 9.17) is 0 Å². The van der Waals surface area contributed by atoms with Crippen LogP contribution < -0.4 is 15.5 Å². The minimum absolute atomic E-state index is 0.575. The van der Waals surface area contributed by atoms with Gasteiger partial charge in [0, 0.05) is 38.9 Å². The Hall–Kier alpha value is -2.96. The third-order valence-electron chi connectivity index (χ3n) is 4.79. The molecule has 0 saturated heterocycles. The summed E-state index contributed by atoms with van der Waals surface area (Å²) in [4.78, 5) is 6.48. The molecule has 0 saturated carbocycles. The molecule has 4 nitrogen and oxygen atoms in total. The molecule has 0 unspecified atom stereocenters. The zero-order valence-corrected chi connectivity index (χ0v) is 16.3. The summed E-state index contributed by atoms with van der Waals surface area (Å²) >= 11 is 0. The van der Waals surface area contributed by atoms with Gasteiger partial charge in [0.25, 0.3) is 0 Å². The molecule has 0 atom stereocenters. The molecular weight excluding hydrogens is 377 g/mol. The average Bonchev–Trinajstić information content (AvgIpc) is 3.25. The van der Waals surface area contributed by atoms with Crippen LogP contribution in [-0.2, 0) is 19.1 Å². The van der Waals surface area contributed by atoms with Crippen LogP contribution in [0.15, 0.2) is 65.7 Å². The molecule has 0 aromatic heterocycles. The van der Waals surface area contributed by atoms with E-state index in [0.29, 0.717) is 25.5 Å². The monoisotopic (exact) mass is 402 g/mol. The summed E-state index contributed by atoms with van der Waals surface area (Å²) < 4.78 is 37.8. The van der Waals surface area contributed by atoms with Gasteiger partial charge in [-0.1, -0.05) is 36.4 Å². The lowest BCUT2D eigenvalue weighted by atomic mass is 10.1. The van der Waals surface area contributed by atoms with Crippen molar-refractivity contribution in [2.24, 2.45) is 4.99 Å². The van der Waals surface area contributed by atoms with Gasteiger partial charge in [-0.3, -0.25) is 4.99 Å². The maximum Gasteiger partial charge on any atom is 0.416 e. The molecule has 154 valence electrons. The first-order chi connectivity index (χ1) is 14.0. The van der Waals surface area contributed by atoms with Crippen molar-refractivity contribution in [3.63, 3.8) is 0 Å². The van der Waals surface area contributed by atoms with E-state index in [2.05, 4.69) is 56.9 Å². The second-order valence-electron chi connectivity index (χ2n) is 6.84. The summed E-state index contributed by atoms with van der Waals surface area (Å²) in [6, 6.07) is 13.7. The summed E-state index contributed by atoms with van der Waals surface area (Å²) in [5, 5.41) is 6.44. The van der Waals surface area contributed by atoms with Crippen LogP contribution in [-0.4, -0.2) is 32.6 Å². The molecule has 1 aliphatic rings. The van der Waals surface area contributed by atoms with Crippen molar-refractivity contribution in [1.29, 1.82) is 0 Å². The zero-order chi connectivity index (χ0) is 20.7. The summed E-state index contributed by atoms with van der Waals surface area (Å²) in [6.07, 6.45) is 0.634. The van der Waals surface area contributed by atoms with Crippen molar-refractivity contribution in [1.82, 2.24) is 10.6 Å². The highest BCUT2D eigenvalue weighted by molar-refractivity contribution is 5.79. The van der Waals surface area contributed by atoms with Crippen LogP contribution in [0.4, 0.5) is 18.9 Å². The largest absolute Gasteiger partial charge is 0.416 e. The molecule has 2 aromatic carbocycles. The first-order valence-electron chi connectivity index (χ1n) is 9.55. The Labute approximate surface area is 169 Å². The third kappa shape index (κ3) is 6.01. The van der Waals surface area contributed by atoms with Crippen molar-refractivity contribution < 1.29 is 13.2 Å². The van der Waals surface area contributed by atoms with E-state index in [1.54, 1.807) is 7.05 Å². The summed E-state index contributed by atoms with van der Waals surface area (Å²) in [7, 11) is 1.69. The topological polar surface area (TPSA) is 39.7 Å². The number of rotatable bonds is 6. The highest BCUT2D eigenvalue weighted by Gasteiger charge is 2.29. The van der Waals surface area contributed by atoms with Gasteiger partial charge in [-0.2, -0.15) is 13.2 Å². The summed E-state index contributed by atoms with van der Waals surface area (Å²) in [5.41, 5.74) is 2.57. The molecule has 0 spiro atoms. The number of benzene rings is 2. The van der Waals surface area contributed by atoms with Crippen molar-refractivity contribution in [2.45, 2.75) is 19.1 Å². The highest BCUT2D eigenvalue weighted by atomic mass is 19.4. The number of guanidine groups is 1. The van der Waals surface area contributed by atoms with E-state index in [0.717, 1.165) is 36.3 Å². The van der Waals surface area contributed by atoms with Crippen LogP contribution >= 0.6 is 0 Å². The molecule has 7 heteroatoms. The number of alkyl halides is 3. The van der Waals surface area contributed by atoms with Gasteiger partial charge in [0.15, 0.2) is 5.96 Å². The molecule has 29 heavy (non-hydrogen) atoms. The van der Waals surface area contributed by atoms with Crippen LogP contribution in [0.1, 0.15) is 16.7 Å². The lowest BCUT2D eigenvalue weighted by Crippen LogP contribution is -2.37. The molecule has 0 bridgehead atoms. The molecule has 1 heterocycles. The standard InChI is InChI=1S/C22H25F3N4/c1-26-21(27-13-12-17-4-8-19(9-5-17)22(23,24)25)28-16-18-6-10-20(11-7-18)29-14-2-3-15-29/h2-11H,12-16H2,1H3,(H2,26,27,28). The maximum absolute atomic E-state index is 12.6. The predicted octanol–water partition coefficient (Wildman–Crippen LogP) is 3.99. The van der Waals surface area contributed by atoms with Gasteiger partial charge in [-0.05, 0) is 41.8 Å². The van der Waals surface area contributed by atoms with Crippen molar-refractivity contribution in [3.05, 3.63) is 77.4 Å². The second-order valence-corrected chi connectivity index (χ2v) is 6.84. The Bertz CT molecular complexity index is 832. The fraction of sp³-hybridized carbons (Fsp3) is 0.318. The first kappa shape index (κ1) is 20.8. The first-order valence-corrected chi connectivity index (χ1v) is 9.55. The average molecular weight is 402 g/mol. The number of aliphatic imine (C=N–C) groups is 1. The number of nitrogens with zero attached hydrogens (tertiary/aromatic N) is 2. The van der Waals surface area contributed by atoms with E-state index in [9.17, 15) is 13.2 Å². The molecule has 2 N–H and O–H groups in total. The van der Waals surface area contributed by atoms with Gasteiger partial charge in [-0.15, -0.1) is 0 Å². The second kappa shape index (κ2) is 9.49. The molecule has 0 aliphatic carbocycles. The van der Waals surface area contributed by atoms with Crippen molar-refractivity contribution in [2.75, 3.05) is 31.6 Å². The lowest BCUT2D eigenvalue weighted by Gasteiger charge is -2.18. The SMILES string of the molecule is CN=C(NCCc1ccc(C(F)(F)F)cc1)NCc1ccc(N2CC=CC2)cc1. The van der Waals surface area contributed by atoms with Crippen LogP contribution in [0.3, 0.4) is 0 Å². The molecule has 0 radical (unpaired) electrons. The summed E-state index contributed by atoms with van der Waals surface area (Å²) in [5.74, 6) is 0.657. The Morgan fingerprint density at radius 2 is 1.55 bits per heavy atom. The van der Waals surface area contributed by atoms with Gasteiger partial charge < -0.3 is 15.5 Å². The van der Waals surface area contributed by atoms with Gasteiger partial charge in [0.1, 0.15) is 0 Å². The molecule has 0 amide bonds. The Morgan fingerprint density at radius 1 is 0.931 bits per heavy atom. The van der Waals surface area contributed by atoms with Gasteiger partial charge in [-0.25, -0.2) is 0 Å². The number of hydrogen-bond donors (Lipinski definition) is 2. The van der Waals surface area contributed by atoms with Gasteiger partial charge >= 0.3 is 6.18 Å². The van der Waals surface area contributed by atoms with Crippen LogP contribution in [0.2, 0.25) is 0 Å². The van der Waals surface area contributed by atoms with Crippen LogP contribution in [0, 0.1) is 0 Å². The Morgan fingerprint density at radius 3 is 2.14 bits per heavy atom. The molecule has 2 aromatic rings. The lowest BCUT2D eigenvalue weighted by molar-refractivity contribution is -0.137. The molecular formula is C22H25F3N4. The van der Waals surface area contributed by atoms with E-state index < -0.39 is 11.7 Å². The zero-order valence-electron chi connectivity index (χ0n) is 16.3. The highest BCUT2D eigenvalue weighted by Crippen LogP contribution is 2.29. The van der Waals surface area contributed by atoms with Crippen LogP contribution in [0.25, 0.3) is 0 Å². The number of anilines is 1. The van der Waals surface area contributed by atoms with Gasteiger partial charge in [0.05, 0.1) is 5.56 Å². The maximum atomic E-state index is 12.6. The number of nitrogens with one attached hydrogen (secondary N) is 2. The molecule has 1 aliphatic heterocycles. The molecule has 0 fully saturated rings. The van der Waals surface area contributed by atoms with Crippen molar-refractivity contribution in [3.8, 4) is 0 Å². The Kier molecular flexibility index (Phi) is 6.80. The number of halogens is 3. The van der Waals surface area contributed by atoms with E-state index >= 15 is 0 Å². The smallest absolute Gasteiger partial charge is 0.364 e. The molecule has 3 rings (SSSR count). The fourth-order valence-electron chi connectivity index (χ4n) is 3.11. The predicted molar refractivity (Wildman–Crippen MR) is 111 cm³/mol. The summed E-state index contributed by atoms with van der Waals surface area (Å²) in [6.45, 7) is 3.12. The Balaban J connectivity index is 1.42. The van der Waals surface area contributed by atoms with E-state index in [1.807, 2.05) is 0 Å². The van der Waals surface area contributed by atoms with E-state index in [1.165, 1.54) is 17.8 Å². The minimum Gasteiger partial charge on any atom is -0.364 e. The normalized spacial score (nSPS) is 14.3. The van der Waals surface area contributed by atoms with E-state index in [-0.39, 0.29) is 0 Å². The minimum atomic E-state index is -4.30. The fourth-order valence-corrected chi connectivity index (χ4v) is 3.11. The van der Waals surface area contributed by atoms with Crippen LogP contribution in [0.5, 0.6) is 0 Å². The number of hydrogen-bond acceptors (Lipinski definition) is 2. The van der Waals surface area contributed by atoms with Crippen molar-refractivity contribution >= 4 is 11.6 Å². The quantitative estimate of drug-likeness (QED) is 0.436. The van der Waals surface area contributed by atoms with Gasteiger partial charge in [0.2, 0.25) is 0 Å². The third-order valence-corrected chi connectivity index (χ3v) is 4.79.